The minimum absolute atomic E-state index is 0.0451. The Morgan fingerprint density at radius 1 is 1.21 bits per heavy atom. The molecule has 108 valence electrons. The molecule has 0 atom stereocenters. The SMILES string of the molecule is CC1(C)C=C(N(C=O)C2CCCCC2)CC(C)(C)N1. The largest absolute Gasteiger partial charge is 0.316 e. The summed E-state index contributed by atoms with van der Waals surface area (Å²) in [5.41, 5.74) is 1.20. The molecule has 2 aliphatic rings. The maximum atomic E-state index is 11.6. The lowest BCUT2D eigenvalue weighted by molar-refractivity contribution is -0.119. The maximum absolute atomic E-state index is 11.6. The quantitative estimate of drug-likeness (QED) is 0.794. The fourth-order valence-corrected chi connectivity index (χ4v) is 3.79. The van der Waals surface area contributed by atoms with Crippen LogP contribution in [-0.4, -0.2) is 28.4 Å². The normalized spacial score (nSPS) is 26.6. The van der Waals surface area contributed by atoms with E-state index in [1.54, 1.807) is 0 Å². The van der Waals surface area contributed by atoms with Gasteiger partial charge in [0.15, 0.2) is 0 Å². The summed E-state index contributed by atoms with van der Waals surface area (Å²) < 4.78 is 0. The van der Waals surface area contributed by atoms with Crippen molar-refractivity contribution in [1.82, 2.24) is 10.2 Å². The molecular weight excluding hydrogens is 236 g/mol. The number of nitrogens with zero attached hydrogens (tertiary/aromatic N) is 1. The van der Waals surface area contributed by atoms with Gasteiger partial charge in [0.1, 0.15) is 0 Å². The summed E-state index contributed by atoms with van der Waals surface area (Å²) in [6, 6.07) is 0.419. The van der Waals surface area contributed by atoms with Crippen LogP contribution in [0, 0.1) is 0 Å². The molecule has 3 nitrogen and oxygen atoms in total. The fraction of sp³-hybridized carbons (Fsp3) is 0.812. The van der Waals surface area contributed by atoms with E-state index in [1.165, 1.54) is 25.0 Å². The van der Waals surface area contributed by atoms with E-state index in [0.717, 1.165) is 25.7 Å². The molecule has 1 N–H and O–H groups in total. The van der Waals surface area contributed by atoms with Crippen LogP contribution in [0.25, 0.3) is 0 Å². The highest BCUT2D eigenvalue weighted by atomic mass is 16.1. The van der Waals surface area contributed by atoms with E-state index in [0.29, 0.717) is 6.04 Å². The van der Waals surface area contributed by atoms with Crippen molar-refractivity contribution in [2.45, 2.75) is 83.3 Å². The zero-order valence-corrected chi connectivity index (χ0v) is 12.8. The highest BCUT2D eigenvalue weighted by Gasteiger charge is 2.35. The molecule has 0 aromatic heterocycles. The number of amides is 1. The van der Waals surface area contributed by atoms with Gasteiger partial charge in [0.25, 0.3) is 0 Å². The van der Waals surface area contributed by atoms with Crippen molar-refractivity contribution in [2.24, 2.45) is 0 Å². The molecule has 0 saturated heterocycles. The van der Waals surface area contributed by atoms with Crippen LogP contribution in [-0.2, 0) is 4.79 Å². The topological polar surface area (TPSA) is 32.3 Å². The fourth-order valence-electron chi connectivity index (χ4n) is 3.79. The molecule has 0 aromatic carbocycles. The Kier molecular flexibility index (Phi) is 4.05. The van der Waals surface area contributed by atoms with E-state index in [4.69, 9.17) is 0 Å². The summed E-state index contributed by atoms with van der Waals surface area (Å²) >= 11 is 0. The number of carbonyl (C=O) groups is 1. The van der Waals surface area contributed by atoms with Gasteiger partial charge < -0.3 is 10.2 Å². The van der Waals surface area contributed by atoms with Crippen LogP contribution in [0.4, 0.5) is 0 Å². The molecule has 1 aliphatic carbocycles. The molecule has 1 saturated carbocycles. The van der Waals surface area contributed by atoms with Gasteiger partial charge >= 0.3 is 0 Å². The van der Waals surface area contributed by atoms with E-state index >= 15 is 0 Å². The molecule has 2 rings (SSSR count). The van der Waals surface area contributed by atoms with Gasteiger partial charge in [-0.1, -0.05) is 19.3 Å². The first-order valence-corrected chi connectivity index (χ1v) is 7.58. The molecule has 0 spiro atoms. The average Bonchev–Trinajstić information content (AvgIpc) is 2.27. The van der Waals surface area contributed by atoms with Crippen LogP contribution in [0.5, 0.6) is 0 Å². The monoisotopic (exact) mass is 264 g/mol. The van der Waals surface area contributed by atoms with Crippen molar-refractivity contribution in [3.63, 3.8) is 0 Å². The van der Waals surface area contributed by atoms with Gasteiger partial charge in [-0.15, -0.1) is 0 Å². The highest BCUT2D eigenvalue weighted by Crippen LogP contribution is 2.32. The third kappa shape index (κ3) is 3.59. The van der Waals surface area contributed by atoms with Gasteiger partial charge in [-0.25, -0.2) is 0 Å². The molecule has 0 aromatic rings. The first kappa shape index (κ1) is 14.6. The Hall–Kier alpha value is -0.830. The summed E-state index contributed by atoms with van der Waals surface area (Å²) in [4.78, 5) is 13.6. The van der Waals surface area contributed by atoms with Gasteiger partial charge in [0, 0.05) is 29.2 Å². The zero-order valence-electron chi connectivity index (χ0n) is 12.8. The van der Waals surface area contributed by atoms with E-state index in [2.05, 4.69) is 39.1 Å². The van der Waals surface area contributed by atoms with Crippen LogP contribution in [0.3, 0.4) is 0 Å². The number of hydrogen-bond donors (Lipinski definition) is 1. The van der Waals surface area contributed by atoms with Gasteiger partial charge in [0.2, 0.25) is 6.41 Å². The molecule has 1 amide bonds. The maximum Gasteiger partial charge on any atom is 0.214 e. The second-order valence-corrected chi connectivity index (χ2v) is 7.35. The molecule has 3 heteroatoms. The predicted octanol–water partition coefficient (Wildman–Crippen LogP) is 3.21. The third-order valence-electron chi connectivity index (χ3n) is 4.22. The van der Waals surface area contributed by atoms with E-state index in [1.807, 2.05) is 4.90 Å². The lowest BCUT2D eigenvalue weighted by atomic mass is 9.84. The first-order valence-electron chi connectivity index (χ1n) is 7.58. The lowest BCUT2D eigenvalue weighted by Crippen LogP contribution is -2.56. The molecule has 0 unspecified atom stereocenters. The molecule has 1 fully saturated rings. The summed E-state index contributed by atoms with van der Waals surface area (Å²) in [7, 11) is 0. The van der Waals surface area contributed by atoms with Crippen molar-refractivity contribution in [2.75, 3.05) is 0 Å². The predicted molar refractivity (Wildman–Crippen MR) is 78.8 cm³/mol. The van der Waals surface area contributed by atoms with Crippen molar-refractivity contribution >= 4 is 6.41 Å². The zero-order chi connectivity index (χ0) is 14.1. The number of nitrogens with one attached hydrogen (secondary N) is 1. The van der Waals surface area contributed by atoms with Gasteiger partial charge in [0.05, 0.1) is 0 Å². The van der Waals surface area contributed by atoms with E-state index < -0.39 is 0 Å². The minimum atomic E-state index is -0.0486. The van der Waals surface area contributed by atoms with Crippen LogP contribution in [0.1, 0.15) is 66.2 Å². The van der Waals surface area contributed by atoms with Crippen molar-refractivity contribution in [3.05, 3.63) is 11.8 Å². The van der Waals surface area contributed by atoms with Gasteiger partial charge in [-0.2, -0.15) is 0 Å². The molecule has 1 heterocycles. The number of carbonyl (C=O) groups excluding carboxylic acids is 1. The third-order valence-corrected chi connectivity index (χ3v) is 4.22. The van der Waals surface area contributed by atoms with E-state index in [-0.39, 0.29) is 11.1 Å². The van der Waals surface area contributed by atoms with Crippen LogP contribution in [0.15, 0.2) is 11.8 Å². The average molecular weight is 264 g/mol. The van der Waals surface area contributed by atoms with Crippen LogP contribution >= 0.6 is 0 Å². The van der Waals surface area contributed by atoms with E-state index in [9.17, 15) is 4.79 Å². The lowest BCUT2D eigenvalue weighted by Gasteiger charge is -2.45. The molecular formula is C16H28N2O. The second kappa shape index (κ2) is 5.28. The van der Waals surface area contributed by atoms with Crippen LogP contribution in [0.2, 0.25) is 0 Å². The molecule has 1 aliphatic heterocycles. The Bertz CT molecular complexity index is 365. The van der Waals surface area contributed by atoms with Crippen molar-refractivity contribution in [1.29, 1.82) is 0 Å². The smallest absolute Gasteiger partial charge is 0.214 e. The Balaban J connectivity index is 2.21. The number of rotatable bonds is 3. The first-order chi connectivity index (χ1) is 8.83. The standard InChI is InChI=1S/C16H28N2O/c1-15(2)10-14(11-16(3,4)17-15)18(12-19)13-8-6-5-7-9-13/h10,12-13,17H,5-9,11H2,1-4H3. The van der Waals surface area contributed by atoms with Crippen molar-refractivity contribution in [3.8, 4) is 0 Å². The molecule has 0 radical (unpaired) electrons. The van der Waals surface area contributed by atoms with Gasteiger partial charge in [-0.05, 0) is 46.6 Å². The summed E-state index contributed by atoms with van der Waals surface area (Å²) in [5, 5.41) is 3.62. The number of hydrogen-bond acceptors (Lipinski definition) is 2. The molecule has 19 heavy (non-hydrogen) atoms. The molecule has 0 bridgehead atoms. The Morgan fingerprint density at radius 2 is 1.84 bits per heavy atom. The summed E-state index contributed by atoms with van der Waals surface area (Å²) in [5.74, 6) is 0. The Labute approximate surface area is 117 Å². The van der Waals surface area contributed by atoms with Crippen molar-refractivity contribution < 1.29 is 4.79 Å². The van der Waals surface area contributed by atoms with Crippen LogP contribution < -0.4 is 5.32 Å². The second-order valence-electron chi connectivity index (χ2n) is 7.35. The summed E-state index contributed by atoms with van der Waals surface area (Å²) in [6.07, 6.45) is 10.4. The van der Waals surface area contributed by atoms with Gasteiger partial charge in [-0.3, -0.25) is 4.79 Å². The highest BCUT2D eigenvalue weighted by molar-refractivity contribution is 5.52. The minimum Gasteiger partial charge on any atom is -0.316 e. The summed E-state index contributed by atoms with van der Waals surface area (Å²) in [6.45, 7) is 8.78. The Morgan fingerprint density at radius 3 is 2.37 bits per heavy atom.